The van der Waals surface area contributed by atoms with Gasteiger partial charge in [-0.3, -0.25) is 9.48 Å². The molecule has 1 heterocycles. The second kappa shape index (κ2) is 8.47. The molecule has 1 aromatic heterocycles. The van der Waals surface area contributed by atoms with Crippen molar-refractivity contribution < 1.29 is 19.4 Å². The average molecular weight is 333 g/mol. The maximum atomic E-state index is 12.4. The lowest BCUT2D eigenvalue weighted by molar-refractivity contribution is 0.0277. The first-order valence-electron chi connectivity index (χ1n) is 7.70. The second-order valence-electron chi connectivity index (χ2n) is 5.43. The number of aliphatic hydroxyl groups excluding tert-OH is 1. The Bertz CT molecular complexity index is 667. The fraction of sp³-hybridized carbons (Fsp3) is 0.412. The molecule has 0 spiro atoms. The lowest BCUT2D eigenvalue weighted by Gasteiger charge is -2.18. The Morgan fingerprint density at radius 1 is 1.38 bits per heavy atom. The van der Waals surface area contributed by atoms with Crippen LogP contribution in [-0.2, 0) is 11.8 Å². The Labute approximate surface area is 141 Å². The number of aromatic nitrogens is 2. The number of carbonyl (C=O) groups is 1. The molecule has 130 valence electrons. The SMILES string of the molecule is COc1nn(C)cc1C(=O)NCC(OCCO)c1ccc(C)cc1. The highest BCUT2D eigenvalue weighted by Crippen LogP contribution is 2.19. The zero-order valence-corrected chi connectivity index (χ0v) is 14.2. The predicted octanol–water partition coefficient (Wildman–Crippen LogP) is 1.22. The van der Waals surface area contributed by atoms with E-state index in [1.165, 1.54) is 11.8 Å². The summed E-state index contributed by atoms with van der Waals surface area (Å²) in [6, 6.07) is 7.87. The number of ether oxygens (including phenoxy) is 2. The van der Waals surface area contributed by atoms with Gasteiger partial charge >= 0.3 is 0 Å². The van der Waals surface area contributed by atoms with Crippen LogP contribution in [0.5, 0.6) is 5.88 Å². The fourth-order valence-electron chi connectivity index (χ4n) is 2.30. The number of aryl methyl sites for hydroxylation is 2. The van der Waals surface area contributed by atoms with Gasteiger partial charge in [-0.2, -0.15) is 0 Å². The van der Waals surface area contributed by atoms with Gasteiger partial charge in [-0.15, -0.1) is 5.10 Å². The number of amides is 1. The molecule has 2 aromatic rings. The Hall–Kier alpha value is -2.38. The summed E-state index contributed by atoms with van der Waals surface area (Å²) in [6.07, 6.45) is 1.26. The first-order chi connectivity index (χ1) is 11.5. The number of methoxy groups -OCH3 is 1. The van der Waals surface area contributed by atoms with E-state index in [0.29, 0.717) is 5.56 Å². The van der Waals surface area contributed by atoms with Gasteiger partial charge < -0.3 is 19.9 Å². The lowest BCUT2D eigenvalue weighted by atomic mass is 10.1. The van der Waals surface area contributed by atoms with Crippen LogP contribution in [0.25, 0.3) is 0 Å². The van der Waals surface area contributed by atoms with Crippen molar-refractivity contribution in [2.75, 3.05) is 26.9 Å². The lowest BCUT2D eigenvalue weighted by Crippen LogP contribution is -2.30. The Balaban J connectivity index is 2.06. The Morgan fingerprint density at radius 3 is 2.71 bits per heavy atom. The maximum absolute atomic E-state index is 12.4. The molecular formula is C17H23N3O4. The van der Waals surface area contributed by atoms with Crippen molar-refractivity contribution in [1.29, 1.82) is 0 Å². The molecule has 1 atom stereocenters. The summed E-state index contributed by atoms with van der Waals surface area (Å²) < 4.78 is 12.3. The highest BCUT2D eigenvalue weighted by Gasteiger charge is 2.19. The van der Waals surface area contributed by atoms with E-state index in [0.717, 1.165) is 11.1 Å². The highest BCUT2D eigenvalue weighted by atomic mass is 16.5. The predicted molar refractivity (Wildman–Crippen MR) is 89.1 cm³/mol. The first kappa shape index (κ1) is 18.0. The van der Waals surface area contributed by atoms with E-state index in [9.17, 15) is 4.79 Å². The normalized spacial score (nSPS) is 12.0. The average Bonchev–Trinajstić information content (AvgIpc) is 2.97. The van der Waals surface area contributed by atoms with E-state index in [2.05, 4.69) is 10.4 Å². The summed E-state index contributed by atoms with van der Waals surface area (Å²) in [5.74, 6) is -0.0113. The van der Waals surface area contributed by atoms with E-state index in [1.807, 2.05) is 31.2 Å². The molecule has 0 radical (unpaired) electrons. The minimum absolute atomic E-state index is 0.0767. The third-order valence-corrected chi connectivity index (χ3v) is 3.54. The molecular weight excluding hydrogens is 310 g/mol. The zero-order valence-electron chi connectivity index (χ0n) is 14.2. The number of rotatable bonds is 8. The summed E-state index contributed by atoms with van der Waals surface area (Å²) in [5.41, 5.74) is 2.45. The van der Waals surface area contributed by atoms with Gasteiger partial charge in [0, 0.05) is 19.8 Å². The second-order valence-corrected chi connectivity index (χ2v) is 5.43. The number of carbonyl (C=O) groups excluding carboxylic acids is 1. The van der Waals surface area contributed by atoms with Gasteiger partial charge in [0.15, 0.2) is 0 Å². The molecule has 2 N–H and O–H groups in total. The van der Waals surface area contributed by atoms with Crippen LogP contribution in [0.3, 0.4) is 0 Å². The molecule has 1 aromatic carbocycles. The fourth-order valence-corrected chi connectivity index (χ4v) is 2.30. The molecule has 0 aliphatic rings. The minimum Gasteiger partial charge on any atom is -0.479 e. The van der Waals surface area contributed by atoms with Gasteiger partial charge in [0.05, 0.1) is 26.4 Å². The summed E-state index contributed by atoms with van der Waals surface area (Å²) in [5, 5.41) is 15.9. The van der Waals surface area contributed by atoms with Crippen molar-refractivity contribution in [3.05, 3.63) is 47.2 Å². The van der Waals surface area contributed by atoms with Gasteiger partial charge in [-0.1, -0.05) is 29.8 Å². The van der Waals surface area contributed by atoms with Crippen LogP contribution in [0, 0.1) is 6.92 Å². The van der Waals surface area contributed by atoms with E-state index in [-0.39, 0.29) is 37.6 Å². The molecule has 0 saturated heterocycles. The van der Waals surface area contributed by atoms with Crippen molar-refractivity contribution >= 4 is 5.91 Å². The summed E-state index contributed by atoms with van der Waals surface area (Å²) in [4.78, 5) is 12.4. The summed E-state index contributed by atoms with van der Waals surface area (Å²) >= 11 is 0. The summed E-state index contributed by atoms with van der Waals surface area (Å²) in [7, 11) is 3.19. The maximum Gasteiger partial charge on any atom is 0.258 e. The van der Waals surface area contributed by atoms with Gasteiger partial charge in [-0.05, 0) is 12.5 Å². The Kier molecular flexibility index (Phi) is 6.34. The van der Waals surface area contributed by atoms with Gasteiger partial charge in [0.1, 0.15) is 5.56 Å². The number of hydrogen-bond acceptors (Lipinski definition) is 5. The van der Waals surface area contributed by atoms with Crippen LogP contribution in [0.1, 0.15) is 27.6 Å². The van der Waals surface area contributed by atoms with Gasteiger partial charge in [-0.25, -0.2) is 0 Å². The molecule has 0 fully saturated rings. The highest BCUT2D eigenvalue weighted by molar-refractivity contribution is 5.96. The molecule has 0 aliphatic carbocycles. The number of hydrogen-bond donors (Lipinski definition) is 2. The van der Waals surface area contributed by atoms with Crippen LogP contribution in [-0.4, -0.2) is 47.7 Å². The van der Waals surface area contributed by atoms with Crippen LogP contribution < -0.4 is 10.1 Å². The topological polar surface area (TPSA) is 85.6 Å². The zero-order chi connectivity index (χ0) is 17.5. The van der Waals surface area contributed by atoms with Crippen molar-refractivity contribution in [2.45, 2.75) is 13.0 Å². The quantitative estimate of drug-likeness (QED) is 0.759. The number of benzene rings is 1. The van der Waals surface area contributed by atoms with Gasteiger partial charge in [0.2, 0.25) is 5.88 Å². The van der Waals surface area contributed by atoms with Crippen LogP contribution in [0.2, 0.25) is 0 Å². The van der Waals surface area contributed by atoms with Crippen molar-refractivity contribution in [2.24, 2.45) is 7.05 Å². The molecule has 0 bridgehead atoms. The molecule has 1 unspecified atom stereocenters. The molecule has 24 heavy (non-hydrogen) atoms. The monoisotopic (exact) mass is 333 g/mol. The van der Waals surface area contributed by atoms with E-state index < -0.39 is 0 Å². The van der Waals surface area contributed by atoms with Crippen molar-refractivity contribution in [3.63, 3.8) is 0 Å². The third kappa shape index (κ3) is 4.56. The van der Waals surface area contributed by atoms with Crippen molar-refractivity contribution in [3.8, 4) is 5.88 Å². The van der Waals surface area contributed by atoms with E-state index in [1.54, 1.807) is 13.2 Å². The van der Waals surface area contributed by atoms with E-state index in [4.69, 9.17) is 14.6 Å². The van der Waals surface area contributed by atoms with Gasteiger partial charge in [0.25, 0.3) is 5.91 Å². The minimum atomic E-state index is -0.343. The molecule has 7 heteroatoms. The third-order valence-electron chi connectivity index (χ3n) is 3.54. The first-order valence-corrected chi connectivity index (χ1v) is 7.70. The smallest absolute Gasteiger partial charge is 0.258 e. The van der Waals surface area contributed by atoms with Crippen LogP contribution in [0.4, 0.5) is 0 Å². The molecule has 7 nitrogen and oxygen atoms in total. The molecule has 0 aliphatic heterocycles. The standard InChI is InChI=1S/C17H23N3O4/c1-12-4-6-13(7-5-12)15(24-9-8-21)10-18-16(22)14-11-20(2)19-17(14)23-3/h4-7,11,15,21H,8-10H2,1-3H3,(H,18,22). The molecule has 1 amide bonds. The number of nitrogens with zero attached hydrogens (tertiary/aromatic N) is 2. The van der Waals surface area contributed by atoms with Crippen LogP contribution >= 0.6 is 0 Å². The number of aliphatic hydroxyl groups is 1. The molecule has 0 saturated carbocycles. The molecule has 2 rings (SSSR count). The number of nitrogens with one attached hydrogen (secondary N) is 1. The largest absolute Gasteiger partial charge is 0.479 e. The summed E-state index contributed by atoms with van der Waals surface area (Å²) in [6.45, 7) is 2.40. The van der Waals surface area contributed by atoms with E-state index >= 15 is 0 Å². The van der Waals surface area contributed by atoms with Crippen molar-refractivity contribution in [1.82, 2.24) is 15.1 Å². The Morgan fingerprint density at radius 2 is 2.08 bits per heavy atom. The van der Waals surface area contributed by atoms with Crippen LogP contribution in [0.15, 0.2) is 30.5 Å².